The molecule has 0 fully saturated rings. The molecule has 0 saturated carbocycles. The fraction of sp³-hybridized carbons (Fsp3) is 0.500. The van der Waals surface area contributed by atoms with E-state index in [0.717, 1.165) is 30.6 Å². The van der Waals surface area contributed by atoms with Crippen molar-refractivity contribution in [3.63, 3.8) is 0 Å². The van der Waals surface area contributed by atoms with Crippen molar-refractivity contribution >= 4 is 21.7 Å². The molecule has 8 heteroatoms. The Morgan fingerprint density at radius 2 is 2.09 bits per heavy atom. The number of benzene rings is 1. The minimum atomic E-state index is -3.95. The van der Waals surface area contributed by atoms with Crippen molar-refractivity contribution in [1.29, 1.82) is 0 Å². The highest BCUT2D eigenvalue weighted by atomic mass is 32.2. The molecule has 0 amide bonds. The van der Waals surface area contributed by atoms with Gasteiger partial charge in [0.25, 0.3) is 10.0 Å². The summed E-state index contributed by atoms with van der Waals surface area (Å²) in [6, 6.07) is 4.85. The van der Waals surface area contributed by atoms with Gasteiger partial charge in [0.1, 0.15) is 0 Å². The van der Waals surface area contributed by atoms with E-state index in [9.17, 15) is 13.2 Å². The van der Waals surface area contributed by atoms with Gasteiger partial charge in [0.2, 0.25) is 0 Å². The van der Waals surface area contributed by atoms with Crippen LogP contribution in [0.5, 0.6) is 0 Å². The number of hydrogen-bond acceptors (Lipinski definition) is 5. The van der Waals surface area contributed by atoms with Crippen LogP contribution in [0.4, 0.5) is 5.69 Å². The molecule has 0 aliphatic carbocycles. The van der Waals surface area contributed by atoms with Crippen molar-refractivity contribution in [3.05, 3.63) is 23.8 Å². The number of anilines is 1. The number of hydrogen-bond donors (Lipinski definition) is 2. The molecule has 1 aliphatic heterocycles. The maximum absolute atomic E-state index is 12.2. The summed E-state index contributed by atoms with van der Waals surface area (Å²) in [6.45, 7) is 3.39. The first-order valence-electron chi connectivity index (χ1n) is 6.91. The normalized spacial score (nSPS) is 15.5. The number of carbonyl (C=O) groups is 1. The van der Waals surface area contributed by atoms with Gasteiger partial charge in [-0.1, -0.05) is 11.0 Å². The highest BCUT2D eigenvalue weighted by Gasteiger charge is 2.31. The SMILES string of the molecule is CN1CCCc2ccc(S(=O)(=O)NOC(C)(C)C(=O)O)cc21. The first kappa shape index (κ1) is 16.7. The topological polar surface area (TPSA) is 95.9 Å². The van der Waals surface area contributed by atoms with E-state index in [0.29, 0.717) is 0 Å². The lowest BCUT2D eigenvalue weighted by Crippen LogP contribution is -2.42. The van der Waals surface area contributed by atoms with Crippen LogP contribution in [0, 0.1) is 0 Å². The molecule has 0 saturated heterocycles. The van der Waals surface area contributed by atoms with Crippen LogP contribution in [0.15, 0.2) is 23.1 Å². The molecule has 2 N–H and O–H groups in total. The fourth-order valence-electron chi connectivity index (χ4n) is 2.16. The Kier molecular flexibility index (Phi) is 4.46. The average molecular weight is 328 g/mol. The summed E-state index contributed by atoms with van der Waals surface area (Å²) in [5, 5.41) is 8.93. The summed E-state index contributed by atoms with van der Waals surface area (Å²) in [4.78, 5) is 19.7. The van der Waals surface area contributed by atoms with Crippen molar-refractivity contribution in [1.82, 2.24) is 4.89 Å². The Bertz CT molecular complexity index is 684. The number of carboxylic acid groups (broad SMARTS) is 1. The third-order valence-corrected chi connectivity index (χ3v) is 4.82. The number of carboxylic acids is 1. The van der Waals surface area contributed by atoms with Crippen LogP contribution < -0.4 is 9.79 Å². The Balaban J connectivity index is 2.23. The van der Waals surface area contributed by atoms with Gasteiger partial charge < -0.3 is 10.0 Å². The largest absolute Gasteiger partial charge is 0.479 e. The second-order valence-corrected chi connectivity index (χ2v) is 7.46. The molecule has 122 valence electrons. The molecule has 0 atom stereocenters. The van der Waals surface area contributed by atoms with Gasteiger partial charge in [-0.05, 0) is 44.4 Å². The van der Waals surface area contributed by atoms with E-state index < -0.39 is 21.6 Å². The third kappa shape index (κ3) is 3.40. The molecular weight excluding hydrogens is 308 g/mol. The average Bonchev–Trinajstić information content (AvgIpc) is 2.45. The number of fused-ring (bicyclic) bond motifs is 1. The minimum Gasteiger partial charge on any atom is -0.479 e. The van der Waals surface area contributed by atoms with Gasteiger partial charge in [-0.15, -0.1) is 0 Å². The molecule has 2 rings (SSSR count). The Labute approximate surface area is 129 Å². The summed E-state index contributed by atoms with van der Waals surface area (Å²) in [6.07, 6.45) is 1.94. The fourth-order valence-corrected chi connectivity index (χ4v) is 3.08. The van der Waals surface area contributed by atoms with Gasteiger partial charge in [-0.25, -0.2) is 13.2 Å². The zero-order valence-corrected chi connectivity index (χ0v) is 13.6. The van der Waals surface area contributed by atoms with Crippen LogP contribution in [0.2, 0.25) is 0 Å². The minimum absolute atomic E-state index is 0.0428. The number of aryl methyl sites for hydroxylation is 1. The third-order valence-electron chi connectivity index (χ3n) is 3.64. The van der Waals surface area contributed by atoms with E-state index in [1.807, 2.05) is 16.8 Å². The number of nitrogens with one attached hydrogen (secondary N) is 1. The lowest BCUT2D eigenvalue weighted by Gasteiger charge is -2.28. The molecule has 0 radical (unpaired) electrons. The highest BCUT2D eigenvalue weighted by Crippen LogP contribution is 2.28. The van der Waals surface area contributed by atoms with Crippen molar-refractivity contribution in [2.24, 2.45) is 0 Å². The molecule has 1 heterocycles. The van der Waals surface area contributed by atoms with Crippen LogP contribution in [0.25, 0.3) is 0 Å². The highest BCUT2D eigenvalue weighted by molar-refractivity contribution is 7.89. The molecule has 0 bridgehead atoms. The zero-order valence-electron chi connectivity index (χ0n) is 12.8. The molecule has 7 nitrogen and oxygen atoms in total. The molecular formula is C14H20N2O5S. The number of rotatable bonds is 5. The first-order valence-corrected chi connectivity index (χ1v) is 8.39. The van der Waals surface area contributed by atoms with E-state index in [4.69, 9.17) is 9.94 Å². The van der Waals surface area contributed by atoms with Crippen molar-refractivity contribution in [2.45, 2.75) is 37.2 Å². The van der Waals surface area contributed by atoms with E-state index in [2.05, 4.69) is 0 Å². The van der Waals surface area contributed by atoms with E-state index in [-0.39, 0.29) is 4.90 Å². The van der Waals surface area contributed by atoms with Gasteiger partial charge in [-0.2, -0.15) is 0 Å². The predicted octanol–water partition coefficient (Wildman–Crippen LogP) is 1.14. The summed E-state index contributed by atoms with van der Waals surface area (Å²) in [5.41, 5.74) is 0.309. The Morgan fingerprint density at radius 1 is 1.41 bits per heavy atom. The van der Waals surface area contributed by atoms with Gasteiger partial charge in [-0.3, -0.25) is 4.84 Å². The Hall–Kier alpha value is -1.64. The number of sulfonamides is 1. The van der Waals surface area contributed by atoms with Crippen LogP contribution in [-0.2, 0) is 26.1 Å². The quantitative estimate of drug-likeness (QED) is 0.787. The molecule has 1 aromatic rings. The van der Waals surface area contributed by atoms with Gasteiger partial charge in [0.05, 0.1) is 4.90 Å². The van der Waals surface area contributed by atoms with Gasteiger partial charge in [0, 0.05) is 19.3 Å². The lowest BCUT2D eigenvalue weighted by molar-refractivity contribution is -0.165. The summed E-state index contributed by atoms with van der Waals surface area (Å²) >= 11 is 0. The number of aliphatic carboxylic acids is 1. The summed E-state index contributed by atoms with van der Waals surface area (Å²) < 4.78 is 24.5. The van der Waals surface area contributed by atoms with Gasteiger partial charge in [0.15, 0.2) is 5.60 Å². The van der Waals surface area contributed by atoms with Crippen LogP contribution >= 0.6 is 0 Å². The summed E-state index contributed by atoms with van der Waals surface area (Å²) in [7, 11) is -2.04. The van der Waals surface area contributed by atoms with Crippen LogP contribution in [-0.4, -0.2) is 38.7 Å². The van der Waals surface area contributed by atoms with Crippen molar-refractivity contribution in [3.8, 4) is 0 Å². The zero-order chi connectivity index (χ0) is 16.5. The van der Waals surface area contributed by atoms with E-state index in [1.165, 1.54) is 19.9 Å². The monoisotopic (exact) mass is 328 g/mol. The van der Waals surface area contributed by atoms with E-state index >= 15 is 0 Å². The van der Waals surface area contributed by atoms with Crippen LogP contribution in [0.3, 0.4) is 0 Å². The first-order chi connectivity index (χ1) is 10.1. The molecule has 0 spiro atoms. The van der Waals surface area contributed by atoms with Crippen molar-refractivity contribution in [2.75, 3.05) is 18.5 Å². The van der Waals surface area contributed by atoms with E-state index in [1.54, 1.807) is 12.1 Å². The summed E-state index contributed by atoms with van der Waals surface area (Å²) in [5.74, 6) is -1.26. The Morgan fingerprint density at radius 3 is 2.73 bits per heavy atom. The predicted molar refractivity (Wildman–Crippen MR) is 81.2 cm³/mol. The standard InChI is InChI=1S/C14H20N2O5S/c1-14(2,13(17)18)21-15-22(19,20)11-7-6-10-5-4-8-16(3)12(10)9-11/h6-7,9,15H,4-5,8H2,1-3H3,(H,17,18). The van der Waals surface area contributed by atoms with Crippen LogP contribution in [0.1, 0.15) is 25.8 Å². The number of nitrogens with zero attached hydrogens (tertiary/aromatic N) is 1. The maximum Gasteiger partial charge on any atom is 0.337 e. The molecule has 0 unspecified atom stereocenters. The molecule has 1 aromatic carbocycles. The molecule has 22 heavy (non-hydrogen) atoms. The molecule has 1 aliphatic rings. The maximum atomic E-state index is 12.2. The lowest BCUT2D eigenvalue weighted by atomic mass is 10.0. The second-order valence-electron chi connectivity index (χ2n) is 5.82. The van der Waals surface area contributed by atoms with Crippen molar-refractivity contribution < 1.29 is 23.2 Å². The molecule has 0 aromatic heterocycles. The van der Waals surface area contributed by atoms with Gasteiger partial charge >= 0.3 is 5.97 Å². The smallest absolute Gasteiger partial charge is 0.337 e. The second kappa shape index (κ2) is 5.86.